The van der Waals surface area contributed by atoms with Crippen LogP contribution >= 0.6 is 23.1 Å². The minimum Gasteiger partial charge on any atom is -0.463 e. The Kier molecular flexibility index (Phi) is 5.92. The number of nitriles is 1. The van der Waals surface area contributed by atoms with Crippen molar-refractivity contribution < 1.29 is 9.53 Å². The molecule has 0 aromatic carbocycles. The SMILES string of the molecule is C#CCSC1=C(C#N)[C@@H](c2cccs2)C(C(=O)OCC)=C(C)N1. The number of hydrogen-bond donors (Lipinski definition) is 1. The molecule has 1 N–H and O–H groups in total. The van der Waals surface area contributed by atoms with Gasteiger partial charge in [0.2, 0.25) is 0 Å². The highest BCUT2D eigenvalue weighted by molar-refractivity contribution is 8.03. The molecule has 0 fully saturated rings. The number of esters is 1. The number of carbonyl (C=O) groups is 1. The Labute approximate surface area is 144 Å². The van der Waals surface area contributed by atoms with E-state index in [4.69, 9.17) is 11.2 Å². The predicted molar refractivity (Wildman–Crippen MR) is 93.5 cm³/mol. The minimum absolute atomic E-state index is 0.289. The van der Waals surface area contributed by atoms with Gasteiger partial charge in [0.1, 0.15) is 0 Å². The molecule has 0 aliphatic carbocycles. The number of thioether (sulfide) groups is 1. The van der Waals surface area contributed by atoms with Crippen LogP contribution in [-0.2, 0) is 9.53 Å². The topological polar surface area (TPSA) is 62.1 Å². The summed E-state index contributed by atoms with van der Waals surface area (Å²) in [6, 6.07) is 6.07. The van der Waals surface area contributed by atoms with Crippen LogP contribution in [0.25, 0.3) is 0 Å². The number of carbonyl (C=O) groups excluding carboxylic acids is 1. The molecule has 1 aliphatic heterocycles. The van der Waals surface area contributed by atoms with Crippen LogP contribution in [0.2, 0.25) is 0 Å². The van der Waals surface area contributed by atoms with E-state index >= 15 is 0 Å². The fourth-order valence-electron chi connectivity index (χ4n) is 2.36. The first kappa shape index (κ1) is 17.2. The van der Waals surface area contributed by atoms with Gasteiger partial charge in [0.05, 0.1) is 40.5 Å². The van der Waals surface area contributed by atoms with E-state index in [0.717, 1.165) is 4.88 Å². The third-order valence-corrected chi connectivity index (χ3v) is 5.13. The molecular weight excluding hydrogens is 328 g/mol. The van der Waals surface area contributed by atoms with Crippen LogP contribution in [0.5, 0.6) is 0 Å². The van der Waals surface area contributed by atoms with Crippen molar-refractivity contribution in [3.05, 3.63) is 44.3 Å². The molecule has 1 aromatic heterocycles. The maximum absolute atomic E-state index is 12.4. The second kappa shape index (κ2) is 7.92. The Hall–Kier alpha value is -2.15. The molecule has 0 amide bonds. The van der Waals surface area contributed by atoms with Crippen molar-refractivity contribution in [3.63, 3.8) is 0 Å². The summed E-state index contributed by atoms with van der Waals surface area (Å²) in [6.45, 7) is 3.87. The first-order valence-electron chi connectivity index (χ1n) is 7.02. The van der Waals surface area contributed by atoms with Crippen molar-refractivity contribution >= 4 is 29.1 Å². The monoisotopic (exact) mass is 344 g/mol. The molecule has 0 bridgehead atoms. The molecule has 1 atom stereocenters. The lowest BCUT2D eigenvalue weighted by Gasteiger charge is -2.28. The molecule has 2 heterocycles. The van der Waals surface area contributed by atoms with Crippen LogP contribution in [0.15, 0.2) is 39.4 Å². The Bertz CT molecular complexity index is 734. The van der Waals surface area contributed by atoms with Gasteiger partial charge in [0.25, 0.3) is 0 Å². The number of thiophene rings is 1. The third-order valence-electron chi connectivity index (χ3n) is 3.27. The fourth-order valence-corrected chi connectivity index (χ4v) is 3.97. The zero-order chi connectivity index (χ0) is 16.8. The molecule has 0 saturated carbocycles. The average Bonchev–Trinajstić information content (AvgIpc) is 3.06. The summed E-state index contributed by atoms with van der Waals surface area (Å²) >= 11 is 2.90. The predicted octanol–water partition coefficient (Wildman–Crippen LogP) is 3.37. The Morgan fingerprint density at radius 1 is 1.61 bits per heavy atom. The van der Waals surface area contributed by atoms with Crippen LogP contribution in [0, 0.1) is 23.7 Å². The molecule has 1 aromatic rings. The zero-order valence-corrected chi connectivity index (χ0v) is 14.5. The van der Waals surface area contributed by atoms with E-state index in [2.05, 4.69) is 17.3 Å². The van der Waals surface area contributed by atoms with Crippen LogP contribution < -0.4 is 5.32 Å². The molecule has 6 heteroatoms. The molecule has 0 saturated heterocycles. The number of hydrogen-bond acceptors (Lipinski definition) is 6. The first-order chi connectivity index (χ1) is 11.1. The summed E-state index contributed by atoms with van der Waals surface area (Å²) in [5, 5.41) is 15.4. The van der Waals surface area contributed by atoms with E-state index in [1.807, 2.05) is 24.4 Å². The van der Waals surface area contributed by atoms with E-state index in [-0.39, 0.29) is 6.61 Å². The fraction of sp³-hybridized carbons (Fsp3) is 0.294. The highest BCUT2D eigenvalue weighted by Gasteiger charge is 2.35. The Morgan fingerprint density at radius 3 is 2.96 bits per heavy atom. The van der Waals surface area contributed by atoms with Crippen molar-refractivity contribution in [1.29, 1.82) is 5.26 Å². The molecule has 0 radical (unpaired) electrons. The van der Waals surface area contributed by atoms with E-state index in [1.165, 1.54) is 23.1 Å². The lowest BCUT2D eigenvalue weighted by Crippen LogP contribution is -2.28. The van der Waals surface area contributed by atoms with E-state index in [0.29, 0.717) is 27.6 Å². The van der Waals surface area contributed by atoms with Gasteiger partial charge < -0.3 is 10.1 Å². The number of terminal acetylenes is 1. The van der Waals surface area contributed by atoms with Gasteiger partial charge in [-0.05, 0) is 25.3 Å². The second-order valence-corrected chi connectivity index (χ2v) is 6.64. The van der Waals surface area contributed by atoms with Crippen molar-refractivity contribution in [2.24, 2.45) is 0 Å². The number of dihydropyridines is 1. The number of rotatable bonds is 5. The van der Waals surface area contributed by atoms with Crippen molar-refractivity contribution in [1.82, 2.24) is 5.32 Å². The maximum Gasteiger partial charge on any atom is 0.336 e. The van der Waals surface area contributed by atoms with Gasteiger partial charge in [0.15, 0.2) is 0 Å². The smallest absolute Gasteiger partial charge is 0.336 e. The van der Waals surface area contributed by atoms with Gasteiger partial charge in [-0.1, -0.05) is 23.7 Å². The lowest BCUT2D eigenvalue weighted by atomic mass is 9.87. The quantitative estimate of drug-likeness (QED) is 0.655. The van der Waals surface area contributed by atoms with Gasteiger partial charge in [-0.25, -0.2) is 4.79 Å². The van der Waals surface area contributed by atoms with Crippen molar-refractivity contribution in [2.45, 2.75) is 19.8 Å². The highest BCUT2D eigenvalue weighted by atomic mass is 32.2. The van der Waals surface area contributed by atoms with Gasteiger partial charge in [-0.2, -0.15) is 5.26 Å². The Balaban J connectivity index is 2.54. The van der Waals surface area contributed by atoms with Gasteiger partial charge in [-0.3, -0.25) is 0 Å². The van der Waals surface area contributed by atoms with Gasteiger partial charge >= 0.3 is 5.97 Å². The molecule has 0 spiro atoms. The average molecular weight is 344 g/mol. The van der Waals surface area contributed by atoms with E-state index in [9.17, 15) is 10.1 Å². The minimum atomic E-state index is -0.416. The highest BCUT2D eigenvalue weighted by Crippen LogP contribution is 2.42. The van der Waals surface area contributed by atoms with Crippen molar-refractivity contribution in [2.75, 3.05) is 12.4 Å². The number of ether oxygens (including phenoxy) is 1. The van der Waals surface area contributed by atoms with Gasteiger partial charge in [0, 0.05) is 10.6 Å². The number of nitrogens with zero attached hydrogens (tertiary/aromatic N) is 1. The molecule has 0 unspecified atom stereocenters. The summed E-state index contributed by atoms with van der Waals surface area (Å²) in [4.78, 5) is 13.3. The number of allylic oxidation sites excluding steroid dienone is 2. The maximum atomic E-state index is 12.4. The molecular formula is C17H16N2O2S2. The molecule has 4 nitrogen and oxygen atoms in total. The standard InChI is InChI=1S/C17H16N2O2S2/c1-4-8-23-16-12(10-18)15(13-7-6-9-22-13)14(11(3)19-16)17(20)21-5-2/h1,6-7,9,15,19H,5,8H2,2-3H3/t15-/m0/s1. The lowest BCUT2D eigenvalue weighted by molar-refractivity contribution is -0.138. The molecule has 118 valence electrons. The number of nitrogens with one attached hydrogen (secondary N) is 1. The summed E-state index contributed by atoms with van der Waals surface area (Å²) in [5.74, 6) is 2.19. The summed E-state index contributed by atoms with van der Waals surface area (Å²) in [5.41, 5.74) is 1.68. The molecule has 2 rings (SSSR count). The normalized spacial score (nSPS) is 17.3. The zero-order valence-electron chi connectivity index (χ0n) is 12.9. The summed E-state index contributed by atoms with van der Waals surface area (Å²) in [6.07, 6.45) is 5.32. The summed E-state index contributed by atoms with van der Waals surface area (Å²) < 4.78 is 5.19. The Morgan fingerprint density at radius 2 is 2.39 bits per heavy atom. The van der Waals surface area contributed by atoms with E-state index < -0.39 is 11.9 Å². The third kappa shape index (κ3) is 3.61. The van der Waals surface area contributed by atoms with Crippen LogP contribution in [0.1, 0.15) is 24.6 Å². The van der Waals surface area contributed by atoms with E-state index in [1.54, 1.807) is 6.92 Å². The van der Waals surface area contributed by atoms with Crippen LogP contribution in [0.3, 0.4) is 0 Å². The molecule has 23 heavy (non-hydrogen) atoms. The van der Waals surface area contributed by atoms with Crippen LogP contribution in [-0.4, -0.2) is 18.3 Å². The molecule has 1 aliphatic rings. The largest absolute Gasteiger partial charge is 0.463 e. The second-order valence-electron chi connectivity index (χ2n) is 4.68. The summed E-state index contributed by atoms with van der Waals surface area (Å²) in [7, 11) is 0. The van der Waals surface area contributed by atoms with Crippen molar-refractivity contribution in [3.8, 4) is 18.4 Å². The van der Waals surface area contributed by atoms with Gasteiger partial charge in [-0.15, -0.1) is 17.8 Å². The van der Waals surface area contributed by atoms with Crippen LogP contribution in [0.4, 0.5) is 0 Å². The first-order valence-corrected chi connectivity index (χ1v) is 8.89.